The van der Waals surface area contributed by atoms with E-state index in [-0.39, 0.29) is 0 Å². The number of nitrogens with zero attached hydrogens (tertiary/aromatic N) is 2. The Bertz CT molecular complexity index is 577. The molecule has 15 heavy (non-hydrogen) atoms. The van der Waals surface area contributed by atoms with Crippen LogP contribution in [0.3, 0.4) is 0 Å². The van der Waals surface area contributed by atoms with Gasteiger partial charge in [0.25, 0.3) is 0 Å². The molecule has 3 rings (SSSR count). The third kappa shape index (κ3) is 1.30. The zero-order valence-corrected chi connectivity index (χ0v) is 8.42. The summed E-state index contributed by atoms with van der Waals surface area (Å²) in [5.41, 5.74) is 2.62. The molecule has 2 heterocycles. The summed E-state index contributed by atoms with van der Waals surface area (Å²) in [6.45, 7) is 0. The topological polar surface area (TPSA) is 57.4 Å². The smallest absolute Gasteiger partial charge is 0.158 e. The maximum Gasteiger partial charge on any atom is 0.158 e. The number of fused-ring (bicyclic) bond motifs is 1. The lowest BCUT2D eigenvalue weighted by Gasteiger charge is -1.89. The van der Waals surface area contributed by atoms with E-state index in [2.05, 4.69) is 20.2 Å². The second kappa shape index (κ2) is 3.10. The van der Waals surface area contributed by atoms with E-state index < -0.39 is 0 Å². The zero-order chi connectivity index (χ0) is 10.3. The van der Waals surface area contributed by atoms with Gasteiger partial charge < -0.3 is 4.98 Å². The second-order valence-corrected chi connectivity index (χ2v) is 3.60. The van der Waals surface area contributed by atoms with E-state index in [1.165, 1.54) is 0 Å². The Kier molecular flexibility index (Phi) is 1.76. The number of benzene rings is 1. The minimum atomic E-state index is 0.564. The van der Waals surface area contributed by atoms with Crippen LogP contribution in [-0.4, -0.2) is 20.2 Å². The van der Waals surface area contributed by atoms with Crippen LogP contribution in [0.25, 0.3) is 22.6 Å². The van der Waals surface area contributed by atoms with Crippen LogP contribution in [0, 0.1) is 0 Å². The van der Waals surface area contributed by atoms with Gasteiger partial charge in [0, 0.05) is 0 Å². The van der Waals surface area contributed by atoms with Crippen molar-refractivity contribution in [1.29, 1.82) is 0 Å². The van der Waals surface area contributed by atoms with E-state index >= 15 is 0 Å². The summed E-state index contributed by atoms with van der Waals surface area (Å²) in [6, 6.07) is 7.82. The largest absolute Gasteiger partial charge is 0.337 e. The first-order valence-corrected chi connectivity index (χ1v) is 4.86. The van der Waals surface area contributed by atoms with Gasteiger partial charge in [0.15, 0.2) is 5.82 Å². The lowest BCUT2D eigenvalue weighted by molar-refractivity contribution is 1.08. The van der Waals surface area contributed by atoms with Crippen LogP contribution < -0.4 is 0 Å². The van der Waals surface area contributed by atoms with Crippen LogP contribution in [-0.2, 0) is 0 Å². The molecule has 0 saturated heterocycles. The van der Waals surface area contributed by atoms with E-state index in [4.69, 9.17) is 11.6 Å². The molecule has 2 aromatic heterocycles. The molecule has 0 spiro atoms. The number of aromatic nitrogens is 4. The average molecular weight is 219 g/mol. The van der Waals surface area contributed by atoms with Crippen LogP contribution in [0.2, 0.25) is 5.02 Å². The van der Waals surface area contributed by atoms with Gasteiger partial charge in [-0.15, -0.1) is 0 Å². The summed E-state index contributed by atoms with van der Waals surface area (Å²) >= 11 is 5.95. The van der Waals surface area contributed by atoms with Crippen molar-refractivity contribution in [3.63, 3.8) is 0 Å². The Morgan fingerprint density at radius 2 is 2.07 bits per heavy atom. The van der Waals surface area contributed by atoms with E-state index in [1.54, 1.807) is 6.20 Å². The van der Waals surface area contributed by atoms with Crippen molar-refractivity contribution in [2.24, 2.45) is 0 Å². The quantitative estimate of drug-likeness (QED) is 0.660. The Hall–Kier alpha value is -1.81. The molecular formula is C10H7ClN4. The lowest BCUT2D eigenvalue weighted by atomic mass is 10.3. The van der Waals surface area contributed by atoms with Crippen molar-refractivity contribution in [1.82, 2.24) is 20.2 Å². The summed E-state index contributed by atoms with van der Waals surface area (Å²) in [4.78, 5) is 7.58. The zero-order valence-electron chi connectivity index (χ0n) is 7.66. The average Bonchev–Trinajstić information content (AvgIpc) is 2.82. The van der Waals surface area contributed by atoms with E-state index in [0.29, 0.717) is 16.5 Å². The molecule has 3 aromatic rings. The van der Waals surface area contributed by atoms with Crippen molar-refractivity contribution in [2.75, 3.05) is 0 Å². The SMILES string of the molecule is Clc1cn[nH]c1-c1nc2ccccc2[nH]1. The molecule has 4 nitrogen and oxygen atoms in total. The molecule has 0 aliphatic rings. The van der Waals surface area contributed by atoms with Crippen LogP contribution >= 0.6 is 11.6 Å². The van der Waals surface area contributed by atoms with Gasteiger partial charge in [-0.1, -0.05) is 23.7 Å². The lowest BCUT2D eigenvalue weighted by Crippen LogP contribution is -1.80. The van der Waals surface area contributed by atoms with Gasteiger partial charge >= 0.3 is 0 Å². The summed E-state index contributed by atoms with van der Waals surface area (Å²) < 4.78 is 0. The van der Waals surface area contributed by atoms with Crippen LogP contribution in [0.5, 0.6) is 0 Å². The molecule has 1 aromatic carbocycles. The van der Waals surface area contributed by atoms with Gasteiger partial charge in [-0.3, -0.25) is 5.10 Å². The minimum Gasteiger partial charge on any atom is -0.337 e. The first-order chi connectivity index (χ1) is 7.34. The van der Waals surface area contributed by atoms with Crippen LogP contribution in [0.1, 0.15) is 0 Å². The number of H-pyrrole nitrogens is 2. The first kappa shape index (κ1) is 8.49. The fraction of sp³-hybridized carbons (Fsp3) is 0. The highest BCUT2D eigenvalue weighted by Gasteiger charge is 2.09. The number of imidazole rings is 1. The van der Waals surface area contributed by atoms with Gasteiger partial charge in [0.2, 0.25) is 0 Å². The maximum atomic E-state index is 5.95. The Labute approximate surface area is 90.3 Å². The van der Waals surface area contributed by atoms with E-state index in [9.17, 15) is 0 Å². The second-order valence-electron chi connectivity index (χ2n) is 3.20. The summed E-state index contributed by atoms with van der Waals surface area (Å²) in [6.07, 6.45) is 1.56. The third-order valence-corrected chi connectivity index (χ3v) is 2.51. The molecule has 0 saturated carbocycles. The molecule has 0 atom stereocenters. The van der Waals surface area contributed by atoms with Crippen molar-refractivity contribution in [2.45, 2.75) is 0 Å². The number of nitrogens with one attached hydrogen (secondary N) is 2. The predicted molar refractivity (Wildman–Crippen MR) is 58.7 cm³/mol. The third-order valence-electron chi connectivity index (χ3n) is 2.22. The van der Waals surface area contributed by atoms with Crippen molar-refractivity contribution >= 4 is 22.6 Å². The number of aromatic amines is 2. The molecule has 0 radical (unpaired) electrons. The molecule has 2 N–H and O–H groups in total. The monoisotopic (exact) mass is 218 g/mol. The molecule has 0 bridgehead atoms. The molecule has 74 valence electrons. The number of para-hydroxylation sites is 2. The van der Waals surface area contributed by atoms with E-state index in [1.807, 2.05) is 24.3 Å². The standard InChI is InChI=1S/C10H7ClN4/c11-6-5-12-15-9(6)10-13-7-3-1-2-4-8(7)14-10/h1-5H,(H,12,15)(H,13,14). The molecule has 5 heteroatoms. The highest BCUT2D eigenvalue weighted by atomic mass is 35.5. The van der Waals surface area contributed by atoms with Crippen molar-refractivity contribution in [3.8, 4) is 11.5 Å². The highest BCUT2D eigenvalue weighted by Crippen LogP contribution is 2.24. The fourth-order valence-corrected chi connectivity index (χ4v) is 1.69. The summed E-state index contributed by atoms with van der Waals surface area (Å²) in [7, 11) is 0. The Morgan fingerprint density at radius 1 is 1.20 bits per heavy atom. The molecule has 0 aliphatic carbocycles. The molecule has 0 amide bonds. The first-order valence-electron chi connectivity index (χ1n) is 4.48. The van der Waals surface area contributed by atoms with E-state index in [0.717, 1.165) is 11.0 Å². The predicted octanol–water partition coefficient (Wildman–Crippen LogP) is 2.61. The van der Waals surface area contributed by atoms with Gasteiger partial charge in [-0.2, -0.15) is 5.10 Å². The molecule has 0 unspecified atom stereocenters. The molecule has 0 aliphatic heterocycles. The molecule has 0 fully saturated rings. The number of halogens is 1. The number of rotatable bonds is 1. The maximum absolute atomic E-state index is 5.95. The van der Waals surface area contributed by atoms with Gasteiger partial charge in [-0.05, 0) is 12.1 Å². The fourth-order valence-electron chi connectivity index (χ4n) is 1.51. The van der Waals surface area contributed by atoms with Gasteiger partial charge in [0.05, 0.1) is 22.3 Å². The Morgan fingerprint density at radius 3 is 2.80 bits per heavy atom. The van der Waals surface area contributed by atoms with Crippen molar-refractivity contribution in [3.05, 3.63) is 35.5 Å². The molecular weight excluding hydrogens is 212 g/mol. The minimum absolute atomic E-state index is 0.564. The number of hydrogen-bond acceptors (Lipinski definition) is 2. The van der Waals surface area contributed by atoms with Gasteiger partial charge in [-0.25, -0.2) is 4.98 Å². The van der Waals surface area contributed by atoms with Crippen molar-refractivity contribution < 1.29 is 0 Å². The van der Waals surface area contributed by atoms with Crippen LogP contribution in [0.4, 0.5) is 0 Å². The van der Waals surface area contributed by atoms with Crippen LogP contribution in [0.15, 0.2) is 30.5 Å². The number of hydrogen-bond donors (Lipinski definition) is 2. The highest BCUT2D eigenvalue weighted by molar-refractivity contribution is 6.32. The summed E-state index contributed by atoms with van der Waals surface area (Å²) in [5.74, 6) is 0.707. The normalized spacial score (nSPS) is 11.0. The Balaban J connectivity index is 2.24. The van der Waals surface area contributed by atoms with Gasteiger partial charge in [0.1, 0.15) is 5.69 Å². The summed E-state index contributed by atoms with van der Waals surface area (Å²) in [5, 5.41) is 7.22.